The van der Waals surface area contributed by atoms with E-state index in [4.69, 9.17) is 19.3 Å². The molecule has 0 bridgehead atoms. The molecule has 0 atom stereocenters. The SMILES string of the molecule is C=CC(=O)OCCCCOC(=O)Oc1ccc(C(=O)O)cc1C. The second-order valence-electron chi connectivity index (χ2n) is 4.56. The van der Waals surface area contributed by atoms with Gasteiger partial charge in [0, 0.05) is 6.08 Å². The van der Waals surface area contributed by atoms with Crippen molar-refractivity contribution >= 4 is 18.1 Å². The Labute approximate surface area is 133 Å². The minimum Gasteiger partial charge on any atom is -0.478 e. The minimum absolute atomic E-state index is 0.109. The van der Waals surface area contributed by atoms with E-state index in [2.05, 4.69) is 6.58 Å². The highest BCUT2D eigenvalue weighted by Crippen LogP contribution is 2.19. The Balaban J connectivity index is 2.30. The van der Waals surface area contributed by atoms with E-state index in [9.17, 15) is 14.4 Å². The second kappa shape index (κ2) is 9.24. The Bertz CT molecular complexity index is 592. The average Bonchev–Trinajstić information content (AvgIpc) is 2.52. The normalized spacial score (nSPS) is 9.78. The van der Waals surface area contributed by atoms with Crippen LogP contribution in [0, 0.1) is 6.92 Å². The Morgan fingerprint density at radius 2 is 1.83 bits per heavy atom. The molecular weight excluding hydrogens is 304 g/mol. The average molecular weight is 322 g/mol. The molecule has 0 spiro atoms. The number of hydrogen-bond acceptors (Lipinski definition) is 6. The number of benzene rings is 1. The maximum absolute atomic E-state index is 11.5. The number of carboxylic acid groups (broad SMARTS) is 1. The molecule has 124 valence electrons. The summed E-state index contributed by atoms with van der Waals surface area (Å²) < 4.78 is 14.6. The monoisotopic (exact) mass is 322 g/mol. The van der Waals surface area contributed by atoms with Gasteiger partial charge in [0.15, 0.2) is 0 Å². The lowest BCUT2D eigenvalue weighted by Gasteiger charge is -2.08. The van der Waals surface area contributed by atoms with E-state index in [1.165, 1.54) is 18.2 Å². The molecule has 0 saturated carbocycles. The zero-order valence-corrected chi connectivity index (χ0v) is 12.7. The van der Waals surface area contributed by atoms with Crippen molar-refractivity contribution < 1.29 is 33.7 Å². The first-order valence-electron chi connectivity index (χ1n) is 6.91. The summed E-state index contributed by atoms with van der Waals surface area (Å²) >= 11 is 0. The molecule has 0 amide bonds. The van der Waals surface area contributed by atoms with E-state index in [0.29, 0.717) is 18.4 Å². The van der Waals surface area contributed by atoms with E-state index in [1.807, 2.05) is 0 Å². The summed E-state index contributed by atoms with van der Waals surface area (Å²) in [6.45, 7) is 5.24. The third-order valence-corrected chi connectivity index (χ3v) is 2.78. The number of carbonyl (C=O) groups is 3. The summed E-state index contributed by atoms with van der Waals surface area (Å²) in [7, 11) is 0. The molecule has 1 aromatic carbocycles. The smallest absolute Gasteiger partial charge is 0.478 e. The van der Waals surface area contributed by atoms with Crippen molar-refractivity contribution in [3.8, 4) is 5.75 Å². The van der Waals surface area contributed by atoms with Gasteiger partial charge in [0.05, 0.1) is 18.8 Å². The number of aryl methyl sites for hydroxylation is 1. The molecule has 0 aliphatic heterocycles. The van der Waals surface area contributed by atoms with E-state index in [1.54, 1.807) is 6.92 Å². The van der Waals surface area contributed by atoms with Crippen molar-refractivity contribution in [3.63, 3.8) is 0 Å². The number of carboxylic acids is 1. The second-order valence-corrected chi connectivity index (χ2v) is 4.56. The first-order chi connectivity index (χ1) is 10.9. The largest absolute Gasteiger partial charge is 0.513 e. The molecule has 0 aromatic heterocycles. The van der Waals surface area contributed by atoms with Crippen LogP contribution >= 0.6 is 0 Å². The van der Waals surface area contributed by atoms with Crippen LogP contribution in [0.25, 0.3) is 0 Å². The van der Waals surface area contributed by atoms with Gasteiger partial charge < -0.3 is 19.3 Å². The Kier molecular flexibility index (Phi) is 7.32. The molecule has 1 aromatic rings. The first-order valence-corrected chi connectivity index (χ1v) is 6.91. The number of esters is 1. The maximum Gasteiger partial charge on any atom is 0.513 e. The minimum atomic E-state index is -1.06. The van der Waals surface area contributed by atoms with Crippen LogP contribution in [0.15, 0.2) is 30.9 Å². The predicted molar refractivity (Wildman–Crippen MR) is 80.5 cm³/mol. The fourth-order valence-electron chi connectivity index (χ4n) is 1.61. The number of aromatic carboxylic acids is 1. The summed E-state index contributed by atoms with van der Waals surface area (Å²) in [5.41, 5.74) is 0.621. The zero-order valence-electron chi connectivity index (χ0n) is 12.7. The lowest BCUT2D eigenvalue weighted by atomic mass is 10.1. The Morgan fingerprint density at radius 3 is 2.39 bits per heavy atom. The summed E-state index contributed by atoms with van der Waals surface area (Å²) in [5, 5.41) is 8.85. The number of ether oxygens (including phenoxy) is 3. The third-order valence-electron chi connectivity index (χ3n) is 2.78. The van der Waals surface area contributed by atoms with Crippen LogP contribution < -0.4 is 4.74 Å². The molecule has 0 saturated heterocycles. The van der Waals surface area contributed by atoms with Crippen LogP contribution in [-0.2, 0) is 14.3 Å². The predicted octanol–water partition coefficient (Wildman–Crippen LogP) is 2.72. The summed E-state index contributed by atoms with van der Waals surface area (Å²) in [5.74, 6) is -1.31. The van der Waals surface area contributed by atoms with Gasteiger partial charge in [-0.05, 0) is 43.5 Å². The van der Waals surface area contributed by atoms with Gasteiger partial charge in [0.2, 0.25) is 0 Å². The van der Waals surface area contributed by atoms with Gasteiger partial charge in [-0.15, -0.1) is 0 Å². The molecule has 7 nitrogen and oxygen atoms in total. The Morgan fingerprint density at radius 1 is 1.17 bits per heavy atom. The van der Waals surface area contributed by atoms with Gasteiger partial charge >= 0.3 is 18.1 Å². The molecule has 0 heterocycles. The van der Waals surface area contributed by atoms with E-state index >= 15 is 0 Å². The standard InChI is InChI=1S/C16H18O7/c1-3-14(17)21-8-4-5-9-22-16(20)23-13-7-6-12(15(18)19)10-11(13)2/h3,6-7,10H,1,4-5,8-9H2,2H3,(H,18,19). The molecule has 23 heavy (non-hydrogen) atoms. The highest BCUT2D eigenvalue weighted by atomic mass is 16.7. The molecule has 7 heteroatoms. The van der Waals surface area contributed by atoms with E-state index in [-0.39, 0.29) is 24.5 Å². The van der Waals surface area contributed by atoms with Crippen molar-refractivity contribution in [3.05, 3.63) is 42.0 Å². The van der Waals surface area contributed by atoms with Gasteiger partial charge in [-0.25, -0.2) is 14.4 Å². The molecule has 0 radical (unpaired) electrons. The molecule has 0 aliphatic carbocycles. The summed E-state index contributed by atoms with van der Waals surface area (Å²) in [6, 6.07) is 4.14. The number of rotatable bonds is 8. The van der Waals surface area contributed by atoms with Crippen LogP contribution in [-0.4, -0.2) is 36.4 Å². The third kappa shape index (κ3) is 6.64. The van der Waals surface area contributed by atoms with Gasteiger partial charge in [-0.3, -0.25) is 0 Å². The van der Waals surface area contributed by atoms with Crippen LogP contribution in [0.4, 0.5) is 4.79 Å². The summed E-state index contributed by atoms with van der Waals surface area (Å²) in [4.78, 5) is 33.1. The number of unbranched alkanes of at least 4 members (excludes halogenated alkanes) is 1. The quantitative estimate of drug-likeness (QED) is 0.340. The van der Waals surface area contributed by atoms with Crippen molar-refractivity contribution in [1.82, 2.24) is 0 Å². The van der Waals surface area contributed by atoms with Crippen LogP contribution in [0.5, 0.6) is 5.75 Å². The van der Waals surface area contributed by atoms with Crippen molar-refractivity contribution in [2.75, 3.05) is 13.2 Å². The number of hydrogen-bond donors (Lipinski definition) is 1. The lowest BCUT2D eigenvalue weighted by Crippen LogP contribution is -2.13. The van der Waals surface area contributed by atoms with Crippen LogP contribution in [0.2, 0.25) is 0 Å². The molecule has 0 fully saturated rings. The molecular formula is C16H18O7. The van der Waals surface area contributed by atoms with Crippen molar-refractivity contribution in [1.29, 1.82) is 0 Å². The fourth-order valence-corrected chi connectivity index (χ4v) is 1.61. The van der Waals surface area contributed by atoms with Gasteiger partial charge in [0.25, 0.3) is 0 Å². The Hall–Kier alpha value is -2.83. The molecule has 1 rings (SSSR count). The van der Waals surface area contributed by atoms with Gasteiger partial charge in [-0.1, -0.05) is 6.58 Å². The number of carbonyl (C=O) groups excluding carboxylic acids is 2. The highest BCUT2D eigenvalue weighted by molar-refractivity contribution is 5.88. The topological polar surface area (TPSA) is 99.1 Å². The lowest BCUT2D eigenvalue weighted by molar-refractivity contribution is -0.137. The van der Waals surface area contributed by atoms with Crippen LogP contribution in [0.3, 0.4) is 0 Å². The maximum atomic E-state index is 11.5. The van der Waals surface area contributed by atoms with Crippen LogP contribution in [0.1, 0.15) is 28.8 Å². The fraction of sp³-hybridized carbons (Fsp3) is 0.312. The van der Waals surface area contributed by atoms with E-state index < -0.39 is 18.1 Å². The molecule has 1 N–H and O–H groups in total. The zero-order chi connectivity index (χ0) is 17.2. The highest BCUT2D eigenvalue weighted by Gasteiger charge is 2.11. The van der Waals surface area contributed by atoms with Gasteiger partial charge in [-0.2, -0.15) is 0 Å². The van der Waals surface area contributed by atoms with Crippen molar-refractivity contribution in [2.24, 2.45) is 0 Å². The first kappa shape index (κ1) is 18.2. The molecule has 0 unspecified atom stereocenters. The van der Waals surface area contributed by atoms with Gasteiger partial charge in [0.1, 0.15) is 5.75 Å². The molecule has 0 aliphatic rings. The summed E-state index contributed by atoms with van der Waals surface area (Å²) in [6.07, 6.45) is 1.25. The van der Waals surface area contributed by atoms with E-state index in [0.717, 1.165) is 6.08 Å². The van der Waals surface area contributed by atoms with Crippen molar-refractivity contribution in [2.45, 2.75) is 19.8 Å².